The summed E-state index contributed by atoms with van der Waals surface area (Å²) in [6.07, 6.45) is 2.40. The molecule has 94 valence electrons. The van der Waals surface area contributed by atoms with Crippen LogP contribution < -0.4 is 0 Å². The minimum absolute atomic E-state index is 0. The first-order valence-corrected chi connectivity index (χ1v) is 5.74. The van der Waals surface area contributed by atoms with Crippen LogP contribution in [-0.4, -0.2) is 46.3 Å². The van der Waals surface area contributed by atoms with E-state index in [0.717, 1.165) is 25.9 Å². The van der Waals surface area contributed by atoms with Gasteiger partial charge in [0.25, 0.3) is 0 Å². The van der Waals surface area contributed by atoms with Crippen LogP contribution in [0.5, 0.6) is 0 Å². The first-order valence-electron chi connectivity index (χ1n) is 5.74. The number of aliphatic carboxylic acids is 1. The van der Waals surface area contributed by atoms with Crippen LogP contribution in [-0.2, 0) is 4.79 Å². The molecule has 0 aromatic heterocycles. The van der Waals surface area contributed by atoms with Crippen LogP contribution in [0.3, 0.4) is 0 Å². The van der Waals surface area contributed by atoms with Gasteiger partial charge in [-0.3, -0.25) is 9.69 Å². The molecule has 0 spiro atoms. The second-order valence-corrected chi connectivity index (χ2v) is 4.91. The smallest absolute Gasteiger partial charge is 0.306 e. The van der Waals surface area contributed by atoms with Gasteiger partial charge in [-0.25, -0.2) is 0 Å². The highest BCUT2D eigenvalue weighted by Gasteiger charge is 2.41. The van der Waals surface area contributed by atoms with E-state index >= 15 is 0 Å². The van der Waals surface area contributed by atoms with E-state index in [9.17, 15) is 9.90 Å². The van der Waals surface area contributed by atoms with Crippen LogP contribution in [0.4, 0.5) is 0 Å². The minimum Gasteiger partial charge on any atom is -0.481 e. The Morgan fingerprint density at radius 1 is 1.44 bits per heavy atom. The highest BCUT2D eigenvalue weighted by Crippen LogP contribution is 2.34. The number of hydrogen-bond donors (Lipinski definition) is 2. The van der Waals surface area contributed by atoms with Crippen molar-refractivity contribution >= 4 is 18.4 Å². The van der Waals surface area contributed by atoms with Gasteiger partial charge < -0.3 is 10.2 Å². The molecule has 16 heavy (non-hydrogen) atoms. The number of piperidine rings is 3. The third-order valence-corrected chi connectivity index (χ3v) is 3.94. The Labute approximate surface area is 102 Å². The number of halogens is 1. The molecule has 3 heterocycles. The molecule has 0 aliphatic carbocycles. The quantitative estimate of drug-likeness (QED) is 0.783. The minimum atomic E-state index is -0.759. The number of rotatable bonds is 3. The summed E-state index contributed by atoms with van der Waals surface area (Å²) >= 11 is 0. The van der Waals surface area contributed by atoms with Crippen LogP contribution >= 0.6 is 12.4 Å². The molecule has 3 saturated heterocycles. The van der Waals surface area contributed by atoms with Crippen molar-refractivity contribution in [3.05, 3.63) is 0 Å². The summed E-state index contributed by atoms with van der Waals surface area (Å²) < 4.78 is 0. The SMILES string of the molecule is CC(CC1C(O)C2CCN1CC2)C(=O)O.Cl. The zero-order chi connectivity index (χ0) is 11.0. The van der Waals surface area contributed by atoms with Crippen molar-refractivity contribution in [3.8, 4) is 0 Å². The second-order valence-electron chi connectivity index (χ2n) is 4.91. The molecule has 3 aliphatic heterocycles. The molecule has 3 unspecified atom stereocenters. The van der Waals surface area contributed by atoms with Gasteiger partial charge >= 0.3 is 5.97 Å². The third-order valence-electron chi connectivity index (χ3n) is 3.94. The number of carboxylic acids is 1. The van der Waals surface area contributed by atoms with Gasteiger partial charge in [-0.1, -0.05) is 6.92 Å². The largest absolute Gasteiger partial charge is 0.481 e. The Morgan fingerprint density at radius 3 is 2.44 bits per heavy atom. The molecule has 0 radical (unpaired) electrons. The molecule has 2 bridgehead atoms. The fourth-order valence-corrected chi connectivity index (χ4v) is 2.87. The lowest BCUT2D eigenvalue weighted by atomic mass is 9.78. The maximum absolute atomic E-state index is 10.8. The Bertz CT molecular complexity index is 252. The van der Waals surface area contributed by atoms with Crippen molar-refractivity contribution in [1.82, 2.24) is 4.90 Å². The summed E-state index contributed by atoms with van der Waals surface area (Å²) in [6, 6.07) is 0.0728. The highest BCUT2D eigenvalue weighted by atomic mass is 35.5. The van der Waals surface area contributed by atoms with E-state index in [0.29, 0.717) is 12.3 Å². The number of carboxylic acid groups (broad SMARTS) is 1. The lowest BCUT2D eigenvalue weighted by Gasteiger charge is -2.49. The van der Waals surface area contributed by atoms with Gasteiger partial charge in [0, 0.05) is 6.04 Å². The molecule has 0 amide bonds. The van der Waals surface area contributed by atoms with E-state index in [1.807, 2.05) is 0 Å². The van der Waals surface area contributed by atoms with Crippen LogP contribution in [0.1, 0.15) is 26.2 Å². The highest BCUT2D eigenvalue weighted by molar-refractivity contribution is 5.85. The van der Waals surface area contributed by atoms with E-state index in [1.54, 1.807) is 6.92 Å². The van der Waals surface area contributed by atoms with Gasteiger partial charge in [0.15, 0.2) is 0 Å². The summed E-state index contributed by atoms with van der Waals surface area (Å²) in [6.45, 7) is 3.77. The number of nitrogens with zero attached hydrogens (tertiary/aromatic N) is 1. The Balaban J connectivity index is 0.00000128. The maximum Gasteiger partial charge on any atom is 0.306 e. The monoisotopic (exact) mass is 249 g/mol. The lowest BCUT2D eigenvalue weighted by molar-refractivity contribution is -0.143. The molecular weight excluding hydrogens is 230 g/mol. The molecule has 2 N–H and O–H groups in total. The van der Waals surface area contributed by atoms with Gasteiger partial charge in [-0.2, -0.15) is 0 Å². The van der Waals surface area contributed by atoms with Gasteiger partial charge in [0.05, 0.1) is 12.0 Å². The van der Waals surface area contributed by atoms with E-state index in [-0.39, 0.29) is 30.5 Å². The molecule has 3 atom stereocenters. The van der Waals surface area contributed by atoms with E-state index in [2.05, 4.69) is 4.90 Å². The first-order chi connectivity index (χ1) is 7.09. The van der Waals surface area contributed by atoms with Crippen LogP contribution in [0.2, 0.25) is 0 Å². The van der Waals surface area contributed by atoms with Gasteiger partial charge in [-0.05, 0) is 38.3 Å². The third kappa shape index (κ3) is 2.50. The fourth-order valence-electron chi connectivity index (χ4n) is 2.87. The molecular formula is C11H20ClNO3. The Kier molecular flexibility index (Phi) is 4.59. The van der Waals surface area contributed by atoms with Gasteiger partial charge in [0.2, 0.25) is 0 Å². The van der Waals surface area contributed by atoms with Crippen LogP contribution in [0, 0.1) is 11.8 Å². The summed E-state index contributed by atoms with van der Waals surface area (Å²) in [5.74, 6) is -0.713. The molecule has 0 aromatic carbocycles. The summed E-state index contributed by atoms with van der Waals surface area (Å²) in [5, 5.41) is 18.9. The molecule has 5 heteroatoms. The van der Waals surface area contributed by atoms with Crippen molar-refractivity contribution in [3.63, 3.8) is 0 Å². The van der Waals surface area contributed by atoms with Crippen molar-refractivity contribution < 1.29 is 15.0 Å². The first kappa shape index (κ1) is 13.7. The normalized spacial score (nSPS) is 38.9. The number of fused-ring (bicyclic) bond motifs is 3. The van der Waals surface area contributed by atoms with Crippen molar-refractivity contribution in [2.75, 3.05) is 13.1 Å². The van der Waals surface area contributed by atoms with Crippen LogP contribution in [0.25, 0.3) is 0 Å². The summed E-state index contributed by atoms with van der Waals surface area (Å²) in [5.41, 5.74) is 0. The van der Waals surface area contributed by atoms with E-state index in [1.165, 1.54) is 0 Å². The molecule has 0 saturated carbocycles. The van der Waals surface area contributed by atoms with Crippen molar-refractivity contribution in [1.29, 1.82) is 0 Å². The standard InChI is InChI=1S/C11H19NO3.ClH/c1-7(11(14)15)6-9-10(13)8-2-4-12(9)5-3-8;/h7-10,13H,2-6H2,1H3,(H,14,15);1H. The predicted octanol–water partition coefficient (Wildman–Crippen LogP) is 0.974. The summed E-state index contributed by atoms with van der Waals surface area (Å²) in [4.78, 5) is 13.0. The number of aliphatic hydroxyl groups excluding tert-OH is 1. The van der Waals surface area contributed by atoms with Crippen molar-refractivity contribution in [2.45, 2.75) is 38.3 Å². The maximum atomic E-state index is 10.8. The zero-order valence-corrected chi connectivity index (χ0v) is 10.3. The molecule has 3 rings (SSSR count). The van der Waals surface area contributed by atoms with E-state index in [4.69, 9.17) is 5.11 Å². The average molecular weight is 250 g/mol. The number of carbonyl (C=O) groups is 1. The predicted molar refractivity (Wildman–Crippen MR) is 62.8 cm³/mol. The number of aliphatic hydroxyl groups is 1. The van der Waals surface area contributed by atoms with Crippen molar-refractivity contribution in [2.24, 2.45) is 11.8 Å². The number of hydrogen-bond acceptors (Lipinski definition) is 3. The molecule has 0 aromatic rings. The fraction of sp³-hybridized carbons (Fsp3) is 0.909. The summed E-state index contributed by atoms with van der Waals surface area (Å²) in [7, 11) is 0. The lowest BCUT2D eigenvalue weighted by Crippen LogP contribution is -2.58. The Morgan fingerprint density at radius 2 is 2.00 bits per heavy atom. The van der Waals surface area contributed by atoms with Gasteiger partial charge in [0.1, 0.15) is 0 Å². The topological polar surface area (TPSA) is 60.8 Å². The van der Waals surface area contributed by atoms with Crippen LogP contribution in [0.15, 0.2) is 0 Å². The van der Waals surface area contributed by atoms with E-state index < -0.39 is 5.97 Å². The average Bonchev–Trinajstić information content (AvgIpc) is 2.23. The van der Waals surface area contributed by atoms with Gasteiger partial charge in [-0.15, -0.1) is 12.4 Å². The molecule has 3 fully saturated rings. The molecule has 3 aliphatic rings. The molecule has 4 nitrogen and oxygen atoms in total. The second kappa shape index (κ2) is 5.34. The Hall–Kier alpha value is -0.320. The zero-order valence-electron chi connectivity index (χ0n) is 9.50.